The predicted molar refractivity (Wildman–Crippen MR) is 104 cm³/mol. The molecule has 1 fully saturated rings. The molecule has 0 spiro atoms. The minimum Gasteiger partial charge on any atom is -0.347 e. The summed E-state index contributed by atoms with van der Waals surface area (Å²) in [5, 5.41) is 4.28. The summed E-state index contributed by atoms with van der Waals surface area (Å²) in [4.78, 5) is 39.3. The Morgan fingerprint density at radius 1 is 1.18 bits per heavy atom. The predicted octanol–water partition coefficient (Wildman–Crippen LogP) is 0.763. The third kappa shape index (κ3) is 3.56. The van der Waals surface area contributed by atoms with Gasteiger partial charge in [-0.15, -0.1) is 0 Å². The number of rotatable bonds is 5. The molecule has 0 bridgehead atoms. The normalized spacial score (nSPS) is 19.2. The van der Waals surface area contributed by atoms with Crippen LogP contribution in [-0.2, 0) is 23.2 Å². The Kier molecular flexibility index (Phi) is 5.35. The summed E-state index contributed by atoms with van der Waals surface area (Å²) in [5.74, 6) is 0.0848. The molecule has 28 heavy (non-hydrogen) atoms. The molecule has 1 aliphatic rings. The Labute approximate surface area is 165 Å². The summed E-state index contributed by atoms with van der Waals surface area (Å²) in [6.45, 7) is 2.34. The van der Waals surface area contributed by atoms with Gasteiger partial charge in [0.2, 0.25) is 17.8 Å². The highest BCUT2D eigenvalue weighted by Gasteiger charge is 2.44. The van der Waals surface area contributed by atoms with Crippen LogP contribution in [0, 0.1) is 12.8 Å². The molecule has 9 heteroatoms. The first kappa shape index (κ1) is 19.8. The second-order valence-electron chi connectivity index (χ2n) is 7.55. The van der Waals surface area contributed by atoms with E-state index in [9.17, 15) is 9.59 Å². The number of carbonyl (C=O) groups excluding carboxylic acids is 2. The molecule has 3 rings (SSSR count). The van der Waals surface area contributed by atoms with Gasteiger partial charge in [-0.05, 0) is 6.92 Å². The van der Waals surface area contributed by atoms with Crippen molar-refractivity contribution >= 4 is 17.8 Å². The van der Waals surface area contributed by atoms with Crippen LogP contribution in [0.2, 0.25) is 0 Å². The van der Waals surface area contributed by atoms with Crippen molar-refractivity contribution in [2.45, 2.75) is 25.9 Å². The molecule has 2 atom stereocenters. The molecule has 0 saturated carbocycles. The van der Waals surface area contributed by atoms with E-state index in [0.717, 1.165) is 16.8 Å². The highest BCUT2D eigenvalue weighted by Crippen LogP contribution is 2.39. The number of anilines is 1. The highest BCUT2D eigenvalue weighted by molar-refractivity contribution is 5.90. The molecular weight excluding hydrogens is 358 g/mol. The van der Waals surface area contributed by atoms with Crippen molar-refractivity contribution in [1.29, 1.82) is 0 Å². The lowest BCUT2D eigenvalue weighted by atomic mass is 9.92. The lowest BCUT2D eigenvalue weighted by Crippen LogP contribution is -2.36. The summed E-state index contributed by atoms with van der Waals surface area (Å²) in [5.41, 5.74) is 2.72. The van der Waals surface area contributed by atoms with Gasteiger partial charge in [0.25, 0.3) is 0 Å². The zero-order chi connectivity index (χ0) is 20.6. The van der Waals surface area contributed by atoms with E-state index in [-0.39, 0.29) is 24.3 Å². The standard InChI is InChI=1S/C19H27N7O2/c1-12-15(10-22-26(12)6)17-14(7-16(27)25(17)5)18(28)24(4)11-13-8-20-19(21-9-13)23(2)3/h8-10,14,17H,7,11H2,1-6H3. The third-order valence-corrected chi connectivity index (χ3v) is 5.38. The van der Waals surface area contributed by atoms with Gasteiger partial charge in [0.05, 0.1) is 18.2 Å². The average Bonchev–Trinajstić information content (AvgIpc) is 3.14. The number of amides is 2. The van der Waals surface area contributed by atoms with Gasteiger partial charge in [-0.1, -0.05) is 0 Å². The second kappa shape index (κ2) is 7.57. The molecular formula is C19H27N7O2. The topological polar surface area (TPSA) is 87.5 Å². The highest BCUT2D eigenvalue weighted by atomic mass is 16.2. The molecule has 0 radical (unpaired) electrons. The first-order valence-corrected chi connectivity index (χ1v) is 9.18. The summed E-state index contributed by atoms with van der Waals surface area (Å²) in [6.07, 6.45) is 5.40. The lowest BCUT2D eigenvalue weighted by Gasteiger charge is -2.27. The molecule has 2 unspecified atom stereocenters. The van der Waals surface area contributed by atoms with Gasteiger partial charge in [-0.2, -0.15) is 5.10 Å². The Morgan fingerprint density at radius 2 is 1.82 bits per heavy atom. The van der Waals surface area contributed by atoms with Crippen LogP contribution in [0.5, 0.6) is 0 Å². The van der Waals surface area contributed by atoms with Crippen LogP contribution in [0.3, 0.4) is 0 Å². The molecule has 150 valence electrons. The Balaban J connectivity index is 1.79. The molecule has 2 aromatic heterocycles. The number of aromatic nitrogens is 4. The molecule has 2 amide bonds. The van der Waals surface area contributed by atoms with Crippen LogP contribution in [0.25, 0.3) is 0 Å². The van der Waals surface area contributed by atoms with E-state index < -0.39 is 5.92 Å². The van der Waals surface area contributed by atoms with Crippen molar-refractivity contribution in [3.05, 3.63) is 35.4 Å². The van der Waals surface area contributed by atoms with Crippen LogP contribution in [-0.4, -0.2) is 69.6 Å². The smallest absolute Gasteiger partial charge is 0.228 e. The second-order valence-corrected chi connectivity index (χ2v) is 7.55. The number of aryl methyl sites for hydroxylation is 1. The van der Waals surface area contributed by atoms with Gasteiger partial charge < -0.3 is 14.7 Å². The first-order valence-electron chi connectivity index (χ1n) is 9.18. The maximum absolute atomic E-state index is 13.2. The minimum absolute atomic E-state index is 0.0290. The van der Waals surface area contributed by atoms with E-state index >= 15 is 0 Å². The SMILES string of the molecule is Cc1c(C2C(C(=O)N(C)Cc3cnc(N(C)C)nc3)CC(=O)N2C)cnn1C. The Morgan fingerprint density at radius 3 is 2.36 bits per heavy atom. The molecule has 0 aliphatic carbocycles. The molecule has 0 aromatic carbocycles. The monoisotopic (exact) mass is 385 g/mol. The van der Waals surface area contributed by atoms with Crippen LogP contribution >= 0.6 is 0 Å². The van der Waals surface area contributed by atoms with E-state index in [1.807, 2.05) is 33.0 Å². The van der Waals surface area contributed by atoms with Crippen LogP contribution in [0.15, 0.2) is 18.6 Å². The molecule has 1 saturated heterocycles. The van der Waals surface area contributed by atoms with Crippen molar-refractivity contribution in [3.8, 4) is 0 Å². The van der Waals surface area contributed by atoms with Crippen LogP contribution in [0.4, 0.5) is 5.95 Å². The molecule has 3 heterocycles. The Hall–Kier alpha value is -2.97. The zero-order valence-electron chi connectivity index (χ0n) is 17.2. The summed E-state index contributed by atoms with van der Waals surface area (Å²) >= 11 is 0. The average molecular weight is 385 g/mol. The number of hydrogen-bond acceptors (Lipinski definition) is 6. The number of nitrogens with zero attached hydrogens (tertiary/aromatic N) is 7. The van der Waals surface area contributed by atoms with Crippen LogP contribution < -0.4 is 4.90 Å². The summed E-state index contributed by atoms with van der Waals surface area (Å²) in [6, 6.07) is -0.302. The van der Waals surface area contributed by atoms with Crippen molar-refractivity contribution in [1.82, 2.24) is 29.5 Å². The minimum atomic E-state index is -0.438. The first-order chi connectivity index (χ1) is 13.2. The largest absolute Gasteiger partial charge is 0.347 e. The maximum atomic E-state index is 13.2. The van der Waals surface area contributed by atoms with Gasteiger partial charge >= 0.3 is 0 Å². The van der Waals surface area contributed by atoms with E-state index in [1.54, 1.807) is 47.2 Å². The van der Waals surface area contributed by atoms with Crippen molar-refractivity contribution in [2.75, 3.05) is 33.1 Å². The molecule has 0 N–H and O–H groups in total. The van der Waals surface area contributed by atoms with E-state index in [2.05, 4.69) is 15.1 Å². The van der Waals surface area contributed by atoms with Gasteiger partial charge in [0.1, 0.15) is 0 Å². The number of hydrogen-bond donors (Lipinski definition) is 0. The van der Waals surface area contributed by atoms with Crippen molar-refractivity contribution in [3.63, 3.8) is 0 Å². The van der Waals surface area contributed by atoms with Crippen molar-refractivity contribution in [2.24, 2.45) is 13.0 Å². The fourth-order valence-electron chi connectivity index (χ4n) is 3.62. The molecule has 2 aromatic rings. The van der Waals surface area contributed by atoms with E-state index in [0.29, 0.717) is 12.5 Å². The number of carbonyl (C=O) groups is 2. The van der Waals surface area contributed by atoms with Gasteiger partial charge in [-0.3, -0.25) is 14.3 Å². The van der Waals surface area contributed by atoms with Crippen molar-refractivity contribution < 1.29 is 9.59 Å². The van der Waals surface area contributed by atoms with Gasteiger partial charge in [0, 0.05) is 77.4 Å². The van der Waals surface area contributed by atoms with Crippen LogP contribution in [0.1, 0.15) is 29.3 Å². The zero-order valence-corrected chi connectivity index (χ0v) is 17.2. The van der Waals surface area contributed by atoms with E-state index in [1.165, 1.54) is 0 Å². The van der Waals surface area contributed by atoms with Gasteiger partial charge in [-0.25, -0.2) is 9.97 Å². The van der Waals surface area contributed by atoms with E-state index in [4.69, 9.17) is 0 Å². The maximum Gasteiger partial charge on any atom is 0.228 e. The quantitative estimate of drug-likeness (QED) is 0.755. The molecule has 1 aliphatic heterocycles. The fraction of sp³-hybridized carbons (Fsp3) is 0.526. The number of likely N-dealkylation sites (tertiary alicyclic amines) is 1. The lowest BCUT2D eigenvalue weighted by molar-refractivity contribution is -0.135. The summed E-state index contributed by atoms with van der Waals surface area (Å²) < 4.78 is 1.76. The fourth-order valence-corrected chi connectivity index (χ4v) is 3.62. The third-order valence-electron chi connectivity index (χ3n) is 5.38. The Bertz CT molecular complexity index is 875. The van der Waals surface area contributed by atoms with Gasteiger partial charge in [0.15, 0.2) is 0 Å². The summed E-state index contributed by atoms with van der Waals surface area (Å²) in [7, 11) is 9.10. The molecule has 9 nitrogen and oxygen atoms in total.